The Labute approximate surface area is 106 Å². The van der Waals surface area contributed by atoms with E-state index in [0.717, 1.165) is 0 Å². The molecule has 0 bridgehead atoms. The van der Waals surface area contributed by atoms with Gasteiger partial charge in [-0.05, 0) is 19.1 Å². The summed E-state index contributed by atoms with van der Waals surface area (Å²) in [6.45, 7) is 1.91. The average molecular weight is 269 g/mol. The molecule has 2 heterocycles. The number of anilines is 1. The van der Waals surface area contributed by atoms with Crippen LogP contribution in [0.15, 0.2) is 18.3 Å². The van der Waals surface area contributed by atoms with E-state index in [4.69, 9.17) is 5.73 Å². The van der Waals surface area contributed by atoms with Gasteiger partial charge in [0.2, 0.25) is 0 Å². The molecule has 2 N–H and O–H groups in total. The molecule has 0 radical (unpaired) electrons. The first kappa shape index (κ1) is 12.8. The lowest BCUT2D eigenvalue weighted by Crippen LogP contribution is -2.50. The van der Waals surface area contributed by atoms with Gasteiger partial charge in [0.05, 0.1) is 17.2 Å². The lowest BCUT2D eigenvalue weighted by Gasteiger charge is -2.33. The van der Waals surface area contributed by atoms with Crippen molar-refractivity contribution in [1.82, 2.24) is 9.88 Å². The maximum atomic E-state index is 12.2. The molecule has 1 amide bonds. The number of amides is 1. The molecule has 0 spiro atoms. The van der Waals surface area contributed by atoms with Crippen molar-refractivity contribution < 1.29 is 13.2 Å². The van der Waals surface area contributed by atoms with Crippen LogP contribution in [0.25, 0.3) is 0 Å². The molecule has 98 valence electrons. The summed E-state index contributed by atoms with van der Waals surface area (Å²) in [5.74, 6) is -0.322. The Morgan fingerprint density at radius 1 is 1.56 bits per heavy atom. The second kappa shape index (κ2) is 4.56. The first-order chi connectivity index (χ1) is 8.41. The van der Waals surface area contributed by atoms with Crippen molar-refractivity contribution in [3.63, 3.8) is 0 Å². The highest BCUT2D eigenvalue weighted by Gasteiger charge is 2.32. The lowest BCUT2D eigenvalue weighted by atomic mass is 10.2. The number of sulfone groups is 1. The van der Waals surface area contributed by atoms with Crippen molar-refractivity contribution in [1.29, 1.82) is 0 Å². The number of hydrogen-bond donors (Lipinski definition) is 1. The highest BCUT2D eigenvalue weighted by Crippen LogP contribution is 2.17. The summed E-state index contributed by atoms with van der Waals surface area (Å²) in [5, 5.41) is 0. The van der Waals surface area contributed by atoms with Crippen LogP contribution in [0.1, 0.15) is 17.4 Å². The number of nitrogen functional groups attached to an aromatic ring is 1. The fourth-order valence-corrected chi connectivity index (χ4v) is 3.59. The third-order valence-corrected chi connectivity index (χ3v) is 4.77. The molecule has 0 saturated carbocycles. The summed E-state index contributed by atoms with van der Waals surface area (Å²) in [5.41, 5.74) is 6.19. The summed E-state index contributed by atoms with van der Waals surface area (Å²) >= 11 is 0. The number of hydrogen-bond acceptors (Lipinski definition) is 5. The molecule has 1 saturated heterocycles. The highest BCUT2D eigenvalue weighted by atomic mass is 32.2. The van der Waals surface area contributed by atoms with Crippen LogP contribution in [0.3, 0.4) is 0 Å². The second-order valence-corrected chi connectivity index (χ2v) is 6.63. The molecule has 0 aromatic carbocycles. The summed E-state index contributed by atoms with van der Waals surface area (Å²) in [6, 6.07) is 2.90. The highest BCUT2D eigenvalue weighted by molar-refractivity contribution is 7.91. The predicted octanol–water partition coefficient (Wildman–Crippen LogP) is -0.0771. The molecule has 1 atom stereocenters. The molecule has 1 aliphatic rings. The molecule has 18 heavy (non-hydrogen) atoms. The first-order valence-electron chi connectivity index (χ1n) is 5.62. The number of nitrogens with two attached hydrogens (primary N) is 1. The van der Waals surface area contributed by atoms with Crippen LogP contribution in [-0.2, 0) is 9.84 Å². The average Bonchev–Trinajstić information content (AvgIpc) is 2.27. The molecule has 1 unspecified atom stereocenters. The third kappa shape index (κ3) is 2.45. The molecular weight excluding hydrogens is 254 g/mol. The van der Waals surface area contributed by atoms with Crippen LogP contribution in [-0.4, -0.2) is 48.3 Å². The van der Waals surface area contributed by atoms with Crippen molar-refractivity contribution in [2.75, 3.05) is 23.8 Å². The van der Waals surface area contributed by atoms with Gasteiger partial charge in [0.25, 0.3) is 5.91 Å². The van der Waals surface area contributed by atoms with Gasteiger partial charge in [-0.2, -0.15) is 0 Å². The standard InChI is InChI=1S/C11H15N3O3S/c1-8-7-18(16,17)6-5-14(8)11(15)10-9(12)3-2-4-13-10/h2-4,8H,5-7,12H2,1H3. The molecule has 1 aromatic heterocycles. The van der Waals surface area contributed by atoms with Crippen molar-refractivity contribution >= 4 is 21.4 Å². The predicted molar refractivity (Wildman–Crippen MR) is 67.8 cm³/mol. The Morgan fingerprint density at radius 3 is 2.89 bits per heavy atom. The SMILES string of the molecule is CC1CS(=O)(=O)CCN1C(=O)c1ncccc1N. The quantitative estimate of drug-likeness (QED) is 0.770. The summed E-state index contributed by atoms with van der Waals surface area (Å²) < 4.78 is 22.9. The molecule has 7 heteroatoms. The van der Waals surface area contributed by atoms with E-state index in [1.165, 1.54) is 11.1 Å². The largest absolute Gasteiger partial charge is 0.397 e. The van der Waals surface area contributed by atoms with Gasteiger partial charge in [-0.15, -0.1) is 0 Å². The molecule has 1 fully saturated rings. The fourth-order valence-electron chi connectivity index (χ4n) is 2.03. The van der Waals surface area contributed by atoms with Crippen LogP contribution in [0.2, 0.25) is 0 Å². The van der Waals surface area contributed by atoms with Gasteiger partial charge in [0.15, 0.2) is 15.5 Å². The number of carbonyl (C=O) groups excluding carboxylic acids is 1. The summed E-state index contributed by atoms with van der Waals surface area (Å²) in [4.78, 5) is 17.7. The fraction of sp³-hybridized carbons (Fsp3) is 0.455. The van der Waals surface area contributed by atoms with Crippen LogP contribution < -0.4 is 5.73 Å². The minimum Gasteiger partial charge on any atom is -0.397 e. The second-order valence-electron chi connectivity index (χ2n) is 4.40. The van der Waals surface area contributed by atoms with Gasteiger partial charge in [0, 0.05) is 18.8 Å². The van der Waals surface area contributed by atoms with Gasteiger partial charge >= 0.3 is 0 Å². The number of nitrogens with zero attached hydrogens (tertiary/aromatic N) is 2. The number of carbonyl (C=O) groups is 1. The van der Waals surface area contributed by atoms with Gasteiger partial charge in [0.1, 0.15) is 0 Å². The van der Waals surface area contributed by atoms with Crippen LogP contribution in [0.5, 0.6) is 0 Å². The van der Waals surface area contributed by atoms with Crippen molar-refractivity contribution in [3.05, 3.63) is 24.0 Å². The van der Waals surface area contributed by atoms with Crippen molar-refractivity contribution in [2.45, 2.75) is 13.0 Å². The van der Waals surface area contributed by atoms with E-state index in [9.17, 15) is 13.2 Å². The van der Waals surface area contributed by atoms with E-state index in [1.54, 1.807) is 19.1 Å². The molecule has 1 aromatic rings. The van der Waals surface area contributed by atoms with Crippen LogP contribution >= 0.6 is 0 Å². The zero-order chi connectivity index (χ0) is 13.3. The maximum absolute atomic E-state index is 12.2. The van der Waals surface area contributed by atoms with E-state index in [0.29, 0.717) is 5.69 Å². The van der Waals surface area contributed by atoms with E-state index < -0.39 is 9.84 Å². The zero-order valence-electron chi connectivity index (χ0n) is 10.0. The summed E-state index contributed by atoms with van der Waals surface area (Å²) in [7, 11) is -3.04. The van der Waals surface area contributed by atoms with E-state index >= 15 is 0 Å². The van der Waals surface area contributed by atoms with Gasteiger partial charge < -0.3 is 10.6 Å². The zero-order valence-corrected chi connectivity index (χ0v) is 10.9. The Kier molecular flexibility index (Phi) is 3.25. The summed E-state index contributed by atoms with van der Waals surface area (Å²) in [6.07, 6.45) is 1.49. The van der Waals surface area contributed by atoms with Gasteiger partial charge in [-0.1, -0.05) is 0 Å². The molecule has 2 rings (SSSR count). The van der Waals surface area contributed by atoms with Crippen LogP contribution in [0.4, 0.5) is 5.69 Å². The van der Waals surface area contributed by atoms with E-state index in [2.05, 4.69) is 4.98 Å². The van der Waals surface area contributed by atoms with Crippen LogP contribution in [0, 0.1) is 0 Å². The van der Waals surface area contributed by atoms with E-state index in [-0.39, 0.29) is 35.7 Å². The van der Waals surface area contributed by atoms with E-state index in [1.807, 2.05) is 0 Å². The Balaban J connectivity index is 2.23. The van der Waals surface area contributed by atoms with Gasteiger partial charge in [-0.25, -0.2) is 13.4 Å². The topological polar surface area (TPSA) is 93.4 Å². The molecule has 1 aliphatic heterocycles. The number of pyridine rings is 1. The van der Waals surface area contributed by atoms with Crippen molar-refractivity contribution in [3.8, 4) is 0 Å². The molecular formula is C11H15N3O3S. The number of aromatic nitrogens is 1. The molecule has 0 aliphatic carbocycles. The smallest absolute Gasteiger partial charge is 0.274 e. The Hall–Kier alpha value is -1.63. The Bertz CT molecular complexity index is 571. The minimum absolute atomic E-state index is 0.00415. The normalized spacial score (nSPS) is 22.7. The number of rotatable bonds is 1. The molecule has 6 nitrogen and oxygen atoms in total. The lowest BCUT2D eigenvalue weighted by molar-refractivity contribution is 0.0708. The van der Waals surface area contributed by atoms with Crippen molar-refractivity contribution in [2.24, 2.45) is 0 Å². The third-order valence-electron chi connectivity index (χ3n) is 2.97. The minimum atomic E-state index is -3.04. The Morgan fingerprint density at radius 2 is 2.28 bits per heavy atom. The maximum Gasteiger partial charge on any atom is 0.274 e. The monoisotopic (exact) mass is 269 g/mol. The van der Waals surface area contributed by atoms with Gasteiger partial charge in [-0.3, -0.25) is 4.79 Å². The first-order valence-corrected chi connectivity index (χ1v) is 7.45.